The SMILES string of the molecule is Cc1ccc(S(=O)(=O)N2CCC[C@@H]2C(=O)NC[C@@H]2COc3ccccc3O2)cc1. The molecule has 4 rings (SSSR count). The van der Waals surface area contributed by atoms with Crippen LogP contribution in [-0.4, -0.2) is 50.5 Å². The number of aryl methyl sites for hydroxylation is 1. The predicted octanol–water partition coefficient (Wildman–Crippen LogP) is 2.10. The highest BCUT2D eigenvalue weighted by atomic mass is 32.2. The van der Waals surface area contributed by atoms with Gasteiger partial charge in [-0.05, 0) is 44.0 Å². The first-order chi connectivity index (χ1) is 13.9. The minimum Gasteiger partial charge on any atom is -0.486 e. The first-order valence-electron chi connectivity index (χ1n) is 9.70. The molecule has 8 heteroatoms. The number of nitrogens with zero attached hydrogens (tertiary/aromatic N) is 1. The summed E-state index contributed by atoms with van der Waals surface area (Å²) in [6, 6.07) is 13.4. The molecule has 0 saturated carbocycles. The summed E-state index contributed by atoms with van der Waals surface area (Å²) in [5.41, 5.74) is 0.982. The van der Waals surface area contributed by atoms with Crippen molar-refractivity contribution in [2.75, 3.05) is 19.7 Å². The van der Waals surface area contributed by atoms with Crippen molar-refractivity contribution in [3.8, 4) is 11.5 Å². The minimum absolute atomic E-state index is 0.212. The van der Waals surface area contributed by atoms with Gasteiger partial charge >= 0.3 is 0 Å². The average molecular weight is 416 g/mol. The first-order valence-corrected chi connectivity index (χ1v) is 11.1. The van der Waals surface area contributed by atoms with Gasteiger partial charge in [0.2, 0.25) is 15.9 Å². The molecule has 7 nitrogen and oxygen atoms in total. The summed E-state index contributed by atoms with van der Waals surface area (Å²) < 4.78 is 38.8. The van der Waals surface area contributed by atoms with Crippen molar-refractivity contribution >= 4 is 15.9 Å². The highest BCUT2D eigenvalue weighted by Crippen LogP contribution is 2.31. The standard InChI is InChI=1S/C21H24N2O5S/c1-15-8-10-17(11-9-15)29(25,26)23-12-4-5-18(23)21(24)22-13-16-14-27-19-6-2-3-7-20(19)28-16/h2-3,6-11,16,18H,4-5,12-14H2,1H3,(H,22,24)/t16-,18-/m1/s1. The van der Waals surface area contributed by atoms with Crippen molar-refractivity contribution in [2.45, 2.75) is 36.8 Å². The molecule has 2 aromatic carbocycles. The van der Waals surface area contributed by atoms with Crippen molar-refractivity contribution in [2.24, 2.45) is 0 Å². The Balaban J connectivity index is 1.40. The minimum atomic E-state index is -3.72. The fourth-order valence-corrected chi connectivity index (χ4v) is 5.29. The number of rotatable bonds is 5. The number of carbonyl (C=O) groups excluding carboxylic acids is 1. The Bertz CT molecular complexity index is 990. The molecule has 1 amide bonds. The summed E-state index contributed by atoms with van der Waals surface area (Å²) in [5.74, 6) is 1.02. The highest BCUT2D eigenvalue weighted by molar-refractivity contribution is 7.89. The molecule has 2 aliphatic heterocycles. The molecule has 1 N–H and O–H groups in total. The molecule has 1 saturated heterocycles. The topological polar surface area (TPSA) is 84.9 Å². The van der Waals surface area contributed by atoms with Crippen LogP contribution >= 0.6 is 0 Å². The second-order valence-electron chi connectivity index (χ2n) is 7.33. The smallest absolute Gasteiger partial charge is 0.243 e. The number of fused-ring (bicyclic) bond motifs is 1. The van der Waals surface area contributed by atoms with E-state index in [1.165, 1.54) is 4.31 Å². The quantitative estimate of drug-likeness (QED) is 0.807. The number of para-hydroxylation sites is 2. The van der Waals surface area contributed by atoms with Crippen LogP contribution in [0, 0.1) is 6.92 Å². The van der Waals surface area contributed by atoms with Gasteiger partial charge in [-0.15, -0.1) is 0 Å². The maximum absolute atomic E-state index is 13.0. The molecule has 0 aromatic heterocycles. The van der Waals surface area contributed by atoms with Gasteiger partial charge in [0.25, 0.3) is 0 Å². The van der Waals surface area contributed by atoms with Crippen LogP contribution in [-0.2, 0) is 14.8 Å². The average Bonchev–Trinajstić information content (AvgIpc) is 3.23. The van der Waals surface area contributed by atoms with Crippen molar-refractivity contribution in [3.63, 3.8) is 0 Å². The largest absolute Gasteiger partial charge is 0.486 e. The van der Waals surface area contributed by atoms with Crippen LogP contribution in [0.4, 0.5) is 0 Å². The van der Waals surface area contributed by atoms with Gasteiger partial charge in [0.15, 0.2) is 11.5 Å². The van der Waals surface area contributed by atoms with Crippen LogP contribution in [0.25, 0.3) is 0 Å². The van der Waals surface area contributed by atoms with Crippen LogP contribution in [0.1, 0.15) is 18.4 Å². The summed E-state index contributed by atoms with van der Waals surface area (Å²) in [6.45, 7) is 2.82. The lowest BCUT2D eigenvalue weighted by Gasteiger charge is -2.28. The molecule has 1 fully saturated rings. The van der Waals surface area contributed by atoms with E-state index in [9.17, 15) is 13.2 Å². The van der Waals surface area contributed by atoms with E-state index < -0.39 is 16.1 Å². The van der Waals surface area contributed by atoms with E-state index in [1.54, 1.807) is 24.3 Å². The van der Waals surface area contributed by atoms with Gasteiger partial charge in [0.05, 0.1) is 11.4 Å². The third-order valence-corrected chi connectivity index (χ3v) is 7.13. The maximum Gasteiger partial charge on any atom is 0.243 e. The Morgan fingerprint density at radius 1 is 1.14 bits per heavy atom. The molecule has 0 spiro atoms. The Hall–Kier alpha value is -2.58. The van der Waals surface area contributed by atoms with Gasteiger partial charge in [0.1, 0.15) is 18.8 Å². The van der Waals surface area contributed by atoms with Crippen molar-refractivity contribution < 1.29 is 22.7 Å². The van der Waals surface area contributed by atoms with E-state index in [0.717, 1.165) is 5.56 Å². The van der Waals surface area contributed by atoms with Crippen LogP contribution in [0.5, 0.6) is 11.5 Å². The molecule has 2 aromatic rings. The van der Waals surface area contributed by atoms with Crippen LogP contribution in [0.3, 0.4) is 0 Å². The molecule has 0 aliphatic carbocycles. The van der Waals surface area contributed by atoms with E-state index in [4.69, 9.17) is 9.47 Å². The summed E-state index contributed by atoms with van der Waals surface area (Å²) in [4.78, 5) is 13.0. The van der Waals surface area contributed by atoms with E-state index in [0.29, 0.717) is 37.5 Å². The molecular weight excluding hydrogens is 392 g/mol. The molecule has 2 atom stereocenters. The fourth-order valence-electron chi connectivity index (χ4n) is 3.63. The van der Waals surface area contributed by atoms with Gasteiger partial charge in [-0.1, -0.05) is 29.8 Å². The van der Waals surface area contributed by atoms with Gasteiger partial charge in [-0.25, -0.2) is 8.42 Å². The summed E-state index contributed by atoms with van der Waals surface area (Å²) in [7, 11) is -3.72. The third-order valence-electron chi connectivity index (χ3n) is 5.21. The molecule has 2 aliphatic rings. The number of sulfonamides is 1. The lowest BCUT2D eigenvalue weighted by molar-refractivity contribution is -0.124. The van der Waals surface area contributed by atoms with E-state index in [2.05, 4.69) is 5.32 Å². The Morgan fingerprint density at radius 3 is 2.62 bits per heavy atom. The zero-order valence-corrected chi connectivity index (χ0v) is 17.0. The third kappa shape index (κ3) is 4.09. The number of benzene rings is 2. The lowest BCUT2D eigenvalue weighted by atomic mass is 10.2. The number of carbonyl (C=O) groups is 1. The molecular formula is C21H24N2O5S. The molecule has 0 bridgehead atoms. The Kier molecular flexibility index (Phi) is 5.47. The number of ether oxygens (including phenoxy) is 2. The summed E-state index contributed by atoms with van der Waals surface area (Å²) in [6.07, 6.45) is 0.832. The Labute approximate surface area is 170 Å². The number of hydrogen-bond acceptors (Lipinski definition) is 5. The monoisotopic (exact) mass is 416 g/mol. The second-order valence-corrected chi connectivity index (χ2v) is 9.22. The summed E-state index contributed by atoms with van der Waals surface area (Å²) in [5, 5.41) is 2.84. The normalized spacial score (nSPS) is 21.7. The number of amides is 1. The van der Waals surface area contributed by atoms with Crippen molar-refractivity contribution in [1.29, 1.82) is 0 Å². The molecule has 0 radical (unpaired) electrons. The van der Waals surface area contributed by atoms with Crippen LogP contribution < -0.4 is 14.8 Å². The highest BCUT2D eigenvalue weighted by Gasteiger charge is 2.39. The van der Waals surface area contributed by atoms with Crippen molar-refractivity contribution in [3.05, 3.63) is 54.1 Å². The molecule has 29 heavy (non-hydrogen) atoms. The summed E-state index contributed by atoms with van der Waals surface area (Å²) >= 11 is 0. The van der Waals surface area contributed by atoms with E-state index in [-0.39, 0.29) is 23.5 Å². The van der Waals surface area contributed by atoms with Crippen LogP contribution in [0.15, 0.2) is 53.4 Å². The predicted molar refractivity (Wildman–Crippen MR) is 107 cm³/mol. The van der Waals surface area contributed by atoms with E-state index in [1.807, 2.05) is 31.2 Å². The van der Waals surface area contributed by atoms with Gasteiger partial charge in [-0.2, -0.15) is 4.31 Å². The fraction of sp³-hybridized carbons (Fsp3) is 0.381. The maximum atomic E-state index is 13.0. The number of hydrogen-bond donors (Lipinski definition) is 1. The molecule has 154 valence electrons. The Morgan fingerprint density at radius 2 is 1.86 bits per heavy atom. The second kappa shape index (κ2) is 8.04. The molecule has 0 unspecified atom stereocenters. The van der Waals surface area contributed by atoms with Gasteiger partial charge < -0.3 is 14.8 Å². The zero-order chi connectivity index (χ0) is 20.4. The number of nitrogens with one attached hydrogen (secondary N) is 1. The lowest BCUT2D eigenvalue weighted by Crippen LogP contribution is -2.49. The first kappa shape index (κ1) is 19.7. The van der Waals surface area contributed by atoms with E-state index >= 15 is 0 Å². The van der Waals surface area contributed by atoms with Crippen molar-refractivity contribution in [1.82, 2.24) is 9.62 Å². The van der Waals surface area contributed by atoms with Crippen LogP contribution in [0.2, 0.25) is 0 Å². The molecule has 2 heterocycles. The zero-order valence-electron chi connectivity index (χ0n) is 16.2. The van der Waals surface area contributed by atoms with Gasteiger partial charge in [-0.3, -0.25) is 4.79 Å². The van der Waals surface area contributed by atoms with Gasteiger partial charge in [0, 0.05) is 6.54 Å².